The van der Waals surface area contributed by atoms with Gasteiger partial charge in [0.05, 0.1) is 23.4 Å². The SMILES string of the molecule is C#CC(C)NS(=O)(=O)c1ccc(C#N)cc1NCCC(C)CCO. The van der Waals surface area contributed by atoms with Crippen LogP contribution in [0.4, 0.5) is 5.69 Å². The van der Waals surface area contributed by atoms with E-state index in [2.05, 4.69) is 16.0 Å². The molecule has 0 aromatic heterocycles. The van der Waals surface area contributed by atoms with Crippen LogP contribution < -0.4 is 10.0 Å². The molecule has 3 N–H and O–H groups in total. The summed E-state index contributed by atoms with van der Waals surface area (Å²) in [6, 6.07) is 5.71. The first-order valence-electron chi connectivity index (χ1n) is 7.71. The van der Waals surface area contributed by atoms with Crippen LogP contribution >= 0.6 is 0 Å². The number of aliphatic hydroxyl groups is 1. The van der Waals surface area contributed by atoms with Crippen molar-refractivity contribution in [3.63, 3.8) is 0 Å². The highest BCUT2D eigenvalue weighted by atomic mass is 32.2. The lowest BCUT2D eigenvalue weighted by Gasteiger charge is -2.16. The highest BCUT2D eigenvalue weighted by Crippen LogP contribution is 2.23. The van der Waals surface area contributed by atoms with E-state index >= 15 is 0 Å². The minimum atomic E-state index is -3.79. The van der Waals surface area contributed by atoms with Gasteiger partial charge in [0.1, 0.15) is 4.90 Å². The molecule has 0 spiro atoms. The van der Waals surface area contributed by atoms with Crippen molar-refractivity contribution >= 4 is 15.7 Å². The van der Waals surface area contributed by atoms with Crippen LogP contribution in [0.1, 0.15) is 32.3 Å². The fourth-order valence-electron chi connectivity index (χ4n) is 2.12. The number of benzene rings is 1. The third-order valence-corrected chi connectivity index (χ3v) is 5.15. The molecule has 0 bridgehead atoms. The largest absolute Gasteiger partial charge is 0.396 e. The van der Waals surface area contributed by atoms with Crippen LogP contribution in [0, 0.1) is 29.6 Å². The molecule has 0 saturated heterocycles. The molecule has 0 amide bonds. The van der Waals surface area contributed by atoms with Crippen molar-refractivity contribution in [1.29, 1.82) is 5.26 Å². The smallest absolute Gasteiger partial charge is 0.243 e. The minimum Gasteiger partial charge on any atom is -0.396 e. The molecule has 0 radical (unpaired) electrons. The molecule has 1 rings (SSSR count). The van der Waals surface area contributed by atoms with Crippen molar-refractivity contribution in [1.82, 2.24) is 4.72 Å². The van der Waals surface area contributed by atoms with E-state index in [1.807, 2.05) is 13.0 Å². The molecule has 2 atom stereocenters. The van der Waals surface area contributed by atoms with Crippen molar-refractivity contribution < 1.29 is 13.5 Å². The van der Waals surface area contributed by atoms with Crippen molar-refractivity contribution in [2.45, 2.75) is 37.6 Å². The molecular formula is C17H23N3O3S. The molecule has 6 nitrogen and oxygen atoms in total. The summed E-state index contributed by atoms with van der Waals surface area (Å²) in [7, 11) is -3.79. The van der Waals surface area contributed by atoms with Crippen LogP contribution in [0.2, 0.25) is 0 Å². The standard InChI is InChI=1S/C17H23N3O3S/c1-4-14(3)20-24(22,23)17-6-5-15(12-18)11-16(17)19-9-7-13(2)8-10-21/h1,5-6,11,13-14,19-21H,7-10H2,2-3H3. The van der Waals surface area contributed by atoms with E-state index in [0.717, 1.165) is 6.42 Å². The summed E-state index contributed by atoms with van der Waals surface area (Å²) < 4.78 is 27.3. The van der Waals surface area contributed by atoms with E-state index in [4.69, 9.17) is 16.8 Å². The Morgan fingerprint density at radius 3 is 2.62 bits per heavy atom. The third-order valence-electron chi connectivity index (χ3n) is 3.55. The summed E-state index contributed by atoms with van der Waals surface area (Å²) in [6.45, 7) is 4.24. The van der Waals surface area contributed by atoms with Gasteiger partial charge in [0, 0.05) is 13.2 Å². The van der Waals surface area contributed by atoms with E-state index in [9.17, 15) is 8.42 Å². The third kappa shape index (κ3) is 5.86. The molecule has 2 unspecified atom stereocenters. The van der Waals surface area contributed by atoms with Crippen LogP contribution in [-0.4, -0.2) is 32.7 Å². The van der Waals surface area contributed by atoms with Gasteiger partial charge in [0.15, 0.2) is 0 Å². The van der Waals surface area contributed by atoms with Gasteiger partial charge >= 0.3 is 0 Å². The fourth-order valence-corrected chi connectivity index (χ4v) is 3.45. The molecule has 0 saturated carbocycles. The molecule has 0 fully saturated rings. The molecule has 7 heteroatoms. The van der Waals surface area contributed by atoms with Gasteiger partial charge in [-0.2, -0.15) is 9.98 Å². The normalized spacial score (nSPS) is 13.5. The van der Waals surface area contributed by atoms with Gasteiger partial charge in [-0.1, -0.05) is 12.8 Å². The first-order chi connectivity index (χ1) is 11.3. The van der Waals surface area contributed by atoms with Gasteiger partial charge in [-0.15, -0.1) is 6.42 Å². The maximum Gasteiger partial charge on any atom is 0.243 e. The highest BCUT2D eigenvalue weighted by Gasteiger charge is 2.20. The quantitative estimate of drug-likeness (QED) is 0.589. The average molecular weight is 349 g/mol. The van der Waals surface area contributed by atoms with Crippen molar-refractivity contribution in [3.8, 4) is 18.4 Å². The van der Waals surface area contributed by atoms with Crippen LogP contribution in [-0.2, 0) is 10.0 Å². The summed E-state index contributed by atoms with van der Waals surface area (Å²) in [5, 5.41) is 21.0. The second-order valence-corrected chi connectivity index (χ2v) is 7.35. The summed E-state index contributed by atoms with van der Waals surface area (Å²) in [6.07, 6.45) is 6.68. The lowest BCUT2D eigenvalue weighted by atomic mass is 10.0. The predicted octanol–water partition coefficient (Wildman–Crippen LogP) is 1.68. The highest BCUT2D eigenvalue weighted by molar-refractivity contribution is 7.89. The van der Waals surface area contributed by atoms with Gasteiger partial charge in [-0.25, -0.2) is 8.42 Å². The van der Waals surface area contributed by atoms with E-state index in [1.165, 1.54) is 18.2 Å². The number of rotatable bonds is 9. The fraction of sp³-hybridized carbons (Fsp3) is 0.471. The Morgan fingerprint density at radius 1 is 1.33 bits per heavy atom. The lowest BCUT2D eigenvalue weighted by Crippen LogP contribution is -2.32. The average Bonchev–Trinajstić information content (AvgIpc) is 2.54. The number of hydrogen-bond donors (Lipinski definition) is 3. The molecule has 0 aliphatic rings. The zero-order valence-electron chi connectivity index (χ0n) is 13.9. The Labute approximate surface area is 143 Å². The second-order valence-electron chi connectivity index (χ2n) is 5.67. The molecule has 130 valence electrons. The number of nitrogens with zero attached hydrogens (tertiary/aromatic N) is 1. The number of nitriles is 1. The molecule has 1 aromatic rings. The number of sulfonamides is 1. The Bertz CT molecular complexity index is 732. The van der Waals surface area contributed by atoms with Gasteiger partial charge in [-0.05, 0) is 43.9 Å². The summed E-state index contributed by atoms with van der Waals surface area (Å²) in [5.74, 6) is 2.63. The van der Waals surface area contributed by atoms with Crippen LogP contribution in [0.15, 0.2) is 23.1 Å². The Morgan fingerprint density at radius 2 is 2.04 bits per heavy atom. The number of nitrogens with one attached hydrogen (secondary N) is 2. The number of terminal acetylenes is 1. The zero-order chi connectivity index (χ0) is 18.2. The molecular weight excluding hydrogens is 326 g/mol. The molecule has 0 aliphatic heterocycles. The first-order valence-corrected chi connectivity index (χ1v) is 9.19. The van der Waals surface area contributed by atoms with E-state index in [-0.39, 0.29) is 11.5 Å². The number of aliphatic hydroxyl groups excluding tert-OH is 1. The van der Waals surface area contributed by atoms with Crippen molar-refractivity contribution in [3.05, 3.63) is 23.8 Å². The Hall–Kier alpha value is -2.06. The summed E-state index contributed by atoms with van der Waals surface area (Å²) in [5.41, 5.74) is 0.729. The van der Waals surface area contributed by atoms with Crippen LogP contribution in [0.5, 0.6) is 0 Å². The second kappa shape index (κ2) is 9.29. The lowest BCUT2D eigenvalue weighted by molar-refractivity contribution is 0.260. The van der Waals surface area contributed by atoms with Crippen molar-refractivity contribution in [2.75, 3.05) is 18.5 Å². The maximum absolute atomic E-state index is 12.5. The Kier molecular flexibility index (Phi) is 7.73. The maximum atomic E-state index is 12.5. The van der Waals surface area contributed by atoms with Crippen LogP contribution in [0.25, 0.3) is 0 Å². The van der Waals surface area contributed by atoms with E-state index in [0.29, 0.717) is 30.1 Å². The van der Waals surface area contributed by atoms with E-state index < -0.39 is 16.1 Å². The van der Waals surface area contributed by atoms with Gasteiger partial charge in [-0.3, -0.25) is 0 Å². The molecule has 24 heavy (non-hydrogen) atoms. The number of hydrogen-bond acceptors (Lipinski definition) is 5. The minimum absolute atomic E-state index is 0.0541. The van der Waals surface area contributed by atoms with Gasteiger partial charge < -0.3 is 10.4 Å². The van der Waals surface area contributed by atoms with E-state index in [1.54, 1.807) is 6.92 Å². The van der Waals surface area contributed by atoms with Crippen molar-refractivity contribution in [2.24, 2.45) is 5.92 Å². The zero-order valence-corrected chi connectivity index (χ0v) is 14.7. The van der Waals surface area contributed by atoms with Gasteiger partial charge in [0.25, 0.3) is 0 Å². The topological polar surface area (TPSA) is 102 Å². The van der Waals surface area contributed by atoms with Crippen LogP contribution in [0.3, 0.4) is 0 Å². The van der Waals surface area contributed by atoms with Gasteiger partial charge in [0.2, 0.25) is 10.0 Å². The molecule has 0 heterocycles. The molecule has 1 aromatic carbocycles. The summed E-state index contributed by atoms with van der Waals surface area (Å²) in [4.78, 5) is 0.0541. The number of anilines is 1. The monoisotopic (exact) mass is 349 g/mol. The molecule has 0 aliphatic carbocycles. The summed E-state index contributed by atoms with van der Waals surface area (Å²) >= 11 is 0. The Balaban J connectivity index is 3.01. The first kappa shape index (κ1) is 20.0. The predicted molar refractivity (Wildman–Crippen MR) is 93.7 cm³/mol.